The summed E-state index contributed by atoms with van der Waals surface area (Å²) in [6.07, 6.45) is 0. The fraction of sp³-hybridized carbons (Fsp3) is 0.389. The number of carbonyl (C=O) groups is 1. The standard InChI is InChI=1S/C18H23NO3S2/c1-12(2)18(20)19-11-17(15-6-5-9-23-15)24(21,22)16-10-13(3)7-8-14(16)4/h5-10,12,17H,11H2,1-4H3,(H,19,20)/t17-/m0/s1. The van der Waals surface area contributed by atoms with Gasteiger partial charge in [0.2, 0.25) is 5.91 Å². The number of sulfone groups is 1. The Morgan fingerprint density at radius 3 is 2.50 bits per heavy atom. The van der Waals surface area contributed by atoms with Gasteiger partial charge in [0, 0.05) is 17.3 Å². The average molecular weight is 366 g/mol. The molecule has 1 amide bonds. The van der Waals surface area contributed by atoms with Crippen molar-refractivity contribution < 1.29 is 13.2 Å². The Bertz CT molecular complexity index is 809. The summed E-state index contributed by atoms with van der Waals surface area (Å²) in [6, 6.07) is 9.06. The van der Waals surface area contributed by atoms with Crippen LogP contribution in [0, 0.1) is 19.8 Å². The predicted molar refractivity (Wildman–Crippen MR) is 98.0 cm³/mol. The van der Waals surface area contributed by atoms with E-state index in [1.54, 1.807) is 32.9 Å². The number of thiophene rings is 1. The van der Waals surface area contributed by atoms with Gasteiger partial charge >= 0.3 is 0 Å². The molecule has 1 atom stereocenters. The van der Waals surface area contributed by atoms with Crippen LogP contribution in [0.3, 0.4) is 0 Å². The van der Waals surface area contributed by atoms with Crippen LogP contribution in [0.2, 0.25) is 0 Å². The summed E-state index contributed by atoms with van der Waals surface area (Å²) in [6.45, 7) is 7.32. The lowest BCUT2D eigenvalue weighted by Crippen LogP contribution is -2.34. The average Bonchev–Trinajstić information content (AvgIpc) is 3.03. The monoisotopic (exact) mass is 365 g/mol. The zero-order chi connectivity index (χ0) is 17.9. The van der Waals surface area contributed by atoms with Gasteiger partial charge in [-0.15, -0.1) is 11.3 Å². The van der Waals surface area contributed by atoms with Crippen LogP contribution >= 0.6 is 11.3 Å². The first kappa shape index (κ1) is 18.7. The molecule has 0 saturated heterocycles. The van der Waals surface area contributed by atoms with Crippen LogP contribution in [0.4, 0.5) is 0 Å². The lowest BCUT2D eigenvalue weighted by atomic mass is 10.2. The lowest BCUT2D eigenvalue weighted by molar-refractivity contribution is -0.123. The molecule has 0 unspecified atom stereocenters. The van der Waals surface area contributed by atoms with Crippen LogP contribution in [0.15, 0.2) is 40.6 Å². The number of hydrogen-bond donors (Lipinski definition) is 1. The molecule has 1 heterocycles. The van der Waals surface area contributed by atoms with Gasteiger partial charge in [-0.2, -0.15) is 0 Å². The number of aryl methyl sites for hydroxylation is 2. The Balaban J connectivity index is 2.42. The molecular formula is C18H23NO3S2. The Labute approximate surface area is 147 Å². The lowest BCUT2D eigenvalue weighted by Gasteiger charge is -2.19. The highest BCUT2D eigenvalue weighted by molar-refractivity contribution is 7.92. The van der Waals surface area contributed by atoms with Crippen LogP contribution in [0.25, 0.3) is 0 Å². The van der Waals surface area contributed by atoms with Crippen LogP contribution in [0.5, 0.6) is 0 Å². The maximum atomic E-state index is 13.2. The molecule has 0 aliphatic carbocycles. The highest BCUT2D eigenvalue weighted by Gasteiger charge is 2.31. The van der Waals surface area contributed by atoms with Crippen LogP contribution < -0.4 is 5.32 Å². The predicted octanol–water partition coefficient (Wildman–Crippen LogP) is 3.65. The molecular weight excluding hydrogens is 342 g/mol. The van der Waals surface area contributed by atoms with Crippen LogP contribution in [0.1, 0.15) is 35.1 Å². The van der Waals surface area contributed by atoms with E-state index in [9.17, 15) is 13.2 Å². The number of rotatable bonds is 6. The minimum atomic E-state index is -3.60. The number of hydrogen-bond acceptors (Lipinski definition) is 4. The molecule has 130 valence electrons. The van der Waals surface area contributed by atoms with Crippen molar-refractivity contribution in [2.45, 2.75) is 37.8 Å². The number of benzene rings is 1. The largest absolute Gasteiger partial charge is 0.354 e. The van der Waals surface area contributed by atoms with E-state index >= 15 is 0 Å². The van der Waals surface area contributed by atoms with E-state index in [0.717, 1.165) is 16.0 Å². The first-order valence-electron chi connectivity index (χ1n) is 7.85. The molecule has 1 aromatic carbocycles. The smallest absolute Gasteiger partial charge is 0.222 e. The van der Waals surface area contributed by atoms with E-state index in [-0.39, 0.29) is 18.4 Å². The van der Waals surface area contributed by atoms with Crippen molar-refractivity contribution in [1.82, 2.24) is 5.32 Å². The molecule has 0 spiro atoms. The van der Waals surface area contributed by atoms with Crippen molar-refractivity contribution in [3.8, 4) is 0 Å². The van der Waals surface area contributed by atoms with E-state index in [1.807, 2.05) is 30.5 Å². The van der Waals surface area contributed by atoms with E-state index in [4.69, 9.17) is 0 Å². The second-order valence-electron chi connectivity index (χ2n) is 6.22. The van der Waals surface area contributed by atoms with Crippen molar-refractivity contribution >= 4 is 27.1 Å². The summed E-state index contributed by atoms with van der Waals surface area (Å²) in [5.74, 6) is -0.329. The van der Waals surface area contributed by atoms with E-state index < -0.39 is 15.1 Å². The van der Waals surface area contributed by atoms with Gasteiger partial charge in [-0.1, -0.05) is 32.0 Å². The maximum Gasteiger partial charge on any atom is 0.222 e. The Hall–Kier alpha value is -1.66. The van der Waals surface area contributed by atoms with Gasteiger partial charge in [-0.05, 0) is 42.5 Å². The molecule has 24 heavy (non-hydrogen) atoms. The van der Waals surface area contributed by atoms with Gasteiger partial charge < -0.3 is 5.32 Å². The van der Waals surface area contributed by atoms with Gasteiger partial charge in [-0.3, -0.25) is 4.79 Å². The fourth-order valence-corrected chi connectivity index (χ4v) is 5.52. The third kappa shape index (κ3) is 4.05. The Morgan fingerprint density at radius 2 is 1.92 bits per heavy atom. The van der Waals surface area contributed by atoms with Crippen molar-refractivity contribution in [2.75, 3.05) is 6.54 Å². The minimum absolute atomic E-state index is 0.0766. The normalized spacial score (nSPS) is 13.0. The topological polar surface area (TPSA) is 63.2 Å². The van der Waals surface area contributed by atoms with Crippen molar-refractivity contribution in [2.24, 2.45) is 5.92 Å². The number of nitrogens with one attached hydrogen (secondary N) is 1. The third-order valence-electron chi connectivity index (χ3n) is 3.87. The molecule has 0 fully saturated rings. The summed E-state index contributed by atoms with van der Waals surface area (Å²) in [5, 5.41) is 3.84. The van der Waals surface area contributed by atoms with E-state index in [2.05, 4.69) is 5.32 Å². The fourth-order valence-electron chi connectivity index (χ4n) is 2.40. The molecule has 6 heteroatoms. The summed E-state index contributed by atoms with van der Waals surface area (Å²) >= 11 is 1.39. The van der Waals surface area contributed by atoms with E-state index in [0.29, 0.717) is 4.90 Å². The second-order valence-corrected chi connectivity index (χ2v) is 9.30. The maximum absolute atomic E-state index is 13.2. The molecule has 1 aromatic heterocycles. The molecule has 0 aliphatic heterocycles. The third-order valence-corrected chi connectivity index (χ3v) is 7.23. The van der Waals surface area contributed by atoms with Gasteiger partial charge in [0.05, 0.1) is 4.90 Å². The first-order valence-corrected chi connectivity index (χ1v) is 10.3. The highest BCUT2D eigenvalue weighted by Crippen LogP contribution is 2.33. The molecule has 4 nitrogen and oxygen atoms in total. The Morgan fingerprint density at radius 1 is 1.21 bits per heavy atom. The molecule has 2 aromatic rings. The first-order chi connectivity index (χ1) is 11.2. The van der Waals surface area contributed by atoms with Crippen molar-refractivity contribution in [3.63, 3.8) is 0 Å². The highest BCUT2D eigenvalue weighted by atomic mass is 32.2. The molecule has 0 aliphatic rings. The summed E-state index contributed by atoms with van der Waals surface area (Å²) in [7, 11) is -3.60. The molecule has 0 saturated carbocycles. The summed E-state index contributed by atoms with van der Waals surface area (Å²) < 4.78 is 26.5. The van der Waals surface area contributed by atoms with Gasteiger partial charge in [0.15, 0.2) is 9.84 Å². The molecule has 1 N–H and O–H groups in total. The van der Waals surface area contributed by atoms with Crippen molar-refractivity contribution in [1.29, 1.82) is 0 Å². The molecule has 2 rings (SSSR count). The van der Waals surface area contributed by atoms with Gasteiger partial charge in [0.1, 0.15) is 5.25 Å². The Kier molecular flexibility index (Phi) is 5.83. The van der Waals surface area contributed by atoms with Crippen molar-refractivity contribution in [3.05, 3.63) is 51.7 Å². The quantitative estimate of drug-likeness (QED) is 0.850. The van der Waals surface area contributed by atoms with Crippen LogP contribution in [-0.4, -0.2) is 20.9 Å². The number of amides is 1. The molecule has 0 bridgehead atoms. The molecule has 0 radical (unpaired) electrons. The zero-order valence-electron chi connectivity index (χ0n) is 14.4. The zero-order valence-corrected chi connectivity index (χ0v) is 16.0. The SMILES string of the molecule is Cc1ccc(C)c(S(=O)(=O)[C@@H](CNC(=O)C(C)C)c2cccs2)c1. The number of carbonyl (C=O) groups excluding carboxylic acids is 1. The van der Waals surface area contributed by atoms with Crippen LogP contribution in [-0.2, 0) is 14.6 Å². The minimum Gasteiger partial charge on any atom is -0.354 e. The second kappa shape index (κ2) is 7.49. The summed E-state index contributed by atoms with van der Waals surface area (Å²) in [4.78, 5) is 13.0. The van der Waals surface area contributed by atoms with E-state index in [1.165, 1.54) is 11.3 Å². The van der Waals surface area contributed by atoms with Gasteiger partial charge in [0.25, 0.3) is 0 Å². The van der Waals surface area contributed by atoms with Gasteiger partial charge in [-0.25, -0.2) is 8.42 Å². The summed E-state index contributed by atoms with van der Waals surface area (Å²) in [5.41, 5.74) is 1.62.